The maximum absolute atomic E-state index is 13.2. The van der Waals surface area contributed by atoms with Crippen LogP contribution in [0.15, 0.2) is 82.2 Å². The van der Waals surface area contributed by atoms with Gasteiger partial charge in [0.25, 0.3) is 0 Å². The first kappa shape index (κ1) is 37.3. The van der Waals surface area contributed by atoms with Crippen LogP contribution in [0.3, 0.4) is 0 Å². The average Bonchev–Trinajstić information content (AvgIpc) is 3.80. The summed E-state index contributed by atoms with van der Waals surface area (Å²) in [5.74, 6) is -0.851. The number of carboxylic acid groups (broad SMARTS) is 1. The van der Waals surface area contributed by atoms with Crippen LogP contribution >= 0.6 is 11.3 Å². The number of furan rings is 1. The van der Waals surface area contributed by atoms with Gasteiger partial charge in [-0.2, -0.15) is 0 Å². The van der Waals surface area contributed by atoms with Gasteiger partial charge in [0.2, 0.25) is 11.7 Å². The first-order valence-corrected chi connectivity index (χ1v) is 17.5. The molecule has 0 spiro atoms. The number of fused-ring (bicyclic) bond motifs is 2. The smallest absolute Gasteiger partial charge is 0.371 e. The van der Waals surface area contributed by atoms with Crippen LogP contribution in [-0.2, 0) is 22.4 Å². The van der Waals surface area contributed by atoms with Crippen molar-refractivity contribution in [3.8, 4) is 5.75 Å². The van der Waals surface area contributed by atoms with Crippen molar-refractivity contribution in [2.24, 2.45) is 0 Å². The molecule has 0 fully saturated rings. The van der Waals surface area contributed by atoms with Crippen molar-refractivity contribution < 1.29 is 29.0 Å². The van der Waals surface area contributed by atoms with Crippen molar-refractivity contribution in [1.29, 1.82) is 0 Å². The van der Waals surface area contributed by atoms with Gasteiger partial charge in [-0.15, -0.1) is 0 Å². The standard InChI is InChI=1S/C32H42N4O4S.C5H4O3/c1-3-35(4-2)20-21-36(19-18-33-17-14-26-12-13-28(37)30-31(26)41-32(39)34-30)29(38)16-23-40-22-15-25-10-7-9-24-8-5-6-11-27(24)25;6-5(7)4-2-1-3-8-4/h5-13,33,37H,3-4,14-23H2,1-2H3,(H,34,39);1-3H,(H,6,7). The lowest BCUT2D eigenvalue weighted by molar-refractivity contribution is -0.132. The number of carboxylic acids is 1. The van der Waals surface area contributed by atoms with Crippen molar-refractivity contribution in [2.45, 2.75) is 33.1 Å². The van der Waals surface area contributed by atoms with E-state index in [1.54, 1.807) is 6.07 Å². The molecule has 49 heavy (non-hydrogen) atoms. The average molecular weight is 691 g/mol. The van der Waals surface area contributed by atoms with Gasteiger partial charge in [0, 0.05) is 26.2 Å². The molecule has 0 aliphatic rings. The fourth-order valence-corrected chi connectivity index (χ4v) is 6.41. The molecule has 0 radical (unpaired) electrons. The van der Waals surface area contributed by atoms with E-state index in [1.807, 2.05) is 11.0 Å². The maximum Gasteiger partial charge on any atom is 0.371 e. The van der Waals surface area contributed by atoms with E-state index in [4.69, 9.17) is 9.84 Å². The molecule has 0 aliphatic heterocycles. The number of nitrogens with zero attached hydrogens (tertiary/aromatic N) is 2. The molecule has 11 nitrogen and oxygen atoms in total. The summed E-state index contributed by atoms with van der Waals surface area (Å²) in [4.78, 5) is 41.7. The molecule has 0 saturated carbocycles. The summed E-state index contributed by atoms with van der Waals surface area (Å²) in [5, 5.41) is 24.1. The van der Waals surface area contributed by atoms with Crippen molar-refractivity contribution in [3.05, 3.63) is 99.5 Å². The molecule has 1 amide bonds. The molecule has 0 atom stereocenters. The number of ether oxygens (including phenoxy) is 1. The number of benzene rings is 3. The first-order valence-electron chi connectivity index (χ1n) is 16.7. The lowest BCUT2D eigenvalue weighted by Crippen LogP contribution is -2.42. The van der Waals surface area contributed by atoms with Gasteiger partial charge in [-0.3, -0.25) is 9.59 Å². The molecular weight excluding hydrogens is 644 g/mol. The Hall–Kier alpha value is -4.49. The van der Waals surface area contributed by atoms with Crippen LogP contribution in [0, 0.1) is 0 Å². The van der Waals surface area contributed by atoms with Gasteiger partial charge in [0.15, 0.2) is 0 Å². The molecule has 2 aromatic heterocycles. The van der Waals surface area contributed by atoms with Gasteiger partial charge in [0.1, 0.15) is 11.3 Å². The Kier molecular flexibility index (Phi) is 14.9. The summed E-state index contributed by atoms with van der Waals surface area (Å²) in [7, 11) is 0. The largest absolute Gasteiger partial charge is 0.506 e. The highest BCUT2D eigenvalue weighted by atomic mass is 32.1. The quantitative estimate of drug-likeness (QED) is 0.0890. The maximum atomic E-state index is 13.2. The first-order chi connectivity index (χ1) is 23.8. The van der Waals surface area contributed by atoms with Crippen molar-refractivity contribution in [1.82, 2.24) is 20.1 Å². The number of H-pyrrole nitrogens is 1. The van der Waals surface area contributed by atoms with E-state index in [0.29, 0.717) is 51.3 Å². The third kappa shape index (κ3) is 11.3. The zero-order valence-corrected chi connectivity index (χ0v) is 29.0. The number of nitrogens with one attached hydrogen (secondary N) is 2. The van der Waals surface area contributed by atoms with Crippen LogP contribution in [0.25, 0.3) is 21.0 Å². The number of hydrogen-bond acceptors (Lipinski definition) is 9. The molecule has 3 aromatic carbocycles. The molecule has 2 heterocycles. The summed E-state index contributed by atoms with van der Waals surface area (Å²) in [5.41, 5.74) is 2.79. The van der Waals surface area contributed by atoms with Crippen molar-refractivity contribution in [3.63, 3.8) is 0 Å². The Labute approximate surface area is 290 Å². The van der Waals surface area contributed by atoms with Gasteiger partial charge >= 0.3 is 10.8 Å². The molecule has 4 N–H and O–H groups in total. The molecule has 0 saturated heterocycles. The zero-order chi connectivity index (χ0) is 35.0. The van der Waals surface area contributed by atoms with Crippen LogP contribution in [-0.4, -0.2) is 95.9 Å². The van der Waals surface area contributed by atoms with E-state index >= 15 is 0 Å². The molecule has 12 heteroatoms. The highest BCUT2D eigenvalue weighted by molar-refractivity contribution is 7.16. The SMILES string of the molecule is CCN(CC)CCN(CCNCCc1ccc(O)c2[nH]c(=O)sc12)C(=O)CCOCCc1cccc2ccccc12.O=C(O)c1ccco1. The minimum absolute atomic E-state index is 0.0231. The normalized spacial score (nSPS) is 11.2. The van der Waals surface area contributed by atoms with Gasteiger partial charge in [-0.1, -0.05) is 73.7 Å². The number of carbonyl (C=O) groups is 2. The van der Waals surface area contributed by atoms with Crippen LogP contribution in [0.4, 0.5) is 0 Å². The monoisotopic (exact) mass is 690 g/mol. The highest BCUT2D eigenvalue weighted by Gasteiger charge is 2.15. The van der Waals surface area contributed by atoms with E-state index in [2.05, 4.69) is 75.9 Å². The zero-order valence-electron chi connectivity index (χ0n) is 28.2. The second kappa shape index (κ2) is 19.5. The number of hydrogen-bond donors (Lipinski definition) is 4. The number of aromatic nitrogens is 1. The Bertz CT molecular complexity index is 1810. The van der Waals surface area contributed by atoms with E-state index in [9.17, 15) is 19.5 Å². The Morgan fingerprint density at radius 1 is 0.898 bits per heavy atom. The molecule has 262 valence electrons. The fraction of sp³-hybridized carbons (Fsp3) is 0.378. The Morgan fingerprint density at radius 3 is 2.43 bits per heavy atom. The fourth-order valence-electron chi connectivity index (χ4n) is 5.51. The lowest BCUT2D eigenvalue weighted by Gasteiger charge is -2.27. The summed E-state index contributed by atoms with van der Waals surface area (Å²) in [6.07, 6.45) is 3.23. The Morgan fingerprint density at radius 2 is 1.69 bits per heavy atom. The molecule has 0 aliphatic carbocycles. The predicted molar refractivity (Wildman–Crippen MR) is 194 cm³/mol. The second-order valence-corrected chi connectivity index (χ2v) is 12.4. The molecule has 5 aromatic rings. The lowest BCUT2D eigenvalue weighted by atomic mass is 10.0. The van der Waals surface area contributed by atoms with E-state index in [1.165, 1.54) is 34.7 Å². The van der Waals surface area contributed by atoms with Gasteiger partial charge in [-0.05, 0) is 72.6 Å². The summed E-state index contributed by atoms with van der Waals surface area (Å²) in [6, 6.07) is 21.1. The molecular formula is C37H46N4O7S. The number of amides is 1. The third-order valence-electron chi connectivity index (χ3n) is 8.29. The van der Waals surface area contributed by atoms with Gasteiger partial charge in [0.05, 0.1) is 30.6 Å². The van der Waals surface area contributed by atoms with E-state index in [0.717, 1.165) is 54.1 Å². The van der Waals surface area contributed by atoms with Crippen molar-refractivity contribution in [2.75, 3.05) is 59.0 Å². The number of phenolic OH excluding ortho intramolecular Hbond substituents is 1. The number of likely N-dealkylation sites (N-methyl/N-ethyl adjacent to an activating group) is 1. The highest BCUT2D eigenvalue weighted by Crippen LogP contribution is 2.27. The van der Waals surface area contributed by atoms with E-state index < -0.39 is 5.97 Å². The molecule has 0 unspecified atom stereocenters. The number of aromatic carboxylic acids is 1. The number of aromatic hydroxyl groups is 1. The van der Waals surface area contributed by atoms with Gasteiger partial charge < -0.3 is 39.5 Å². The van der Waals surface area contributed by atoms with Crippen LogP contribution in [0.5, 0.6) is 5.75 Å². The van der Waals surface area contributed by atoms with Crippen LogP contribution in [0.2, 0.25) is 0 Å². The van der Waals surface area contributed by atoms with Crippen LogP contribution in [0.1, 0.15) is 41.9 Å². The summed E-state index contributed by atoms with van der Waals surface area (Å²) < 4.78 is 11.2. The number of aromatic amines is 1. The van der Waals surface area contributed by atoms with Crippen molar-refractivity contribution >= 4 is 44.2 Å². The Balaban J connectivity index is 0.000000592. The van der Waals surface area contributed by atoms with Crippen LogP contribution < -0.4 is 10.2 Å². The minimum atomic E-state index is -1.03. The topological polar surface area (TPSA) is 148 Å². The number of rotatable bonds is 18. The second-order valence-electron chi connectivity index (χ2n) is 11.4. The molecule has 5 rings (SSSR count). The predicted octanol–water partition coefficient (Wildman–Crippen LogP) is 5.38. The summed E-state index contributed by atoms with van der Waals surface area (Å²) in [6.45, 7) is 10.7. The van der Waals surface area contributed by atoms with Gasteiger partial charge in [-0.25, -0.2) is 4.79 Å². The summed E-state index contributed by atoms with van der Waals surface area (Å²) >= 11 is 1.12. The third-order valence-corrected chi connectivity index (χ3v) is 9.25. The number of phenols is 1. The minimum Gasteiger partial charge on any atom is -0.506 e. The number of carbonyl (C=O) groups excluding carboxylic acids is 1. The van der Waals surface area contributed by atoms with E-state index in [-0.39, 0.29) is 22.3 Å². The number of thiazole rings is 1. The molecule has 0 bridgehead atoms.